The maximum Gasteiger partial charge on any atom is 0.123 e. The van der Waals surface area contributed by atoms with Crippen LogP contribution in [-0.2, 0) is 6.54 Å². The van der Waals surface area contributed by atoms with Gasteiger partial charge in [0.15, 0.2) is 0 Å². The fourth-order valence-corrected chi connectivity index (χ4v) is 3.13. The average molecular weight is 260 g/mol. The van der Waals surface area contributed by atoms with Gasteiger partial charge in [0.25, 0.3) is 0 Å². The summed E-state index contributed by atoms with van der Waals surface area (Å²) < 4.78 is 13.0. The van der Waals surface area contributed by atoms with Gasteiger partial charge in [0.05, 0.1) is 0 Å². The van der Waals surface area contributed by atoms with Gasteiger partial charge >= 0.3 is 0 Å². The van der Waals surface area contributed by atoms with E-state index < -0.39 is 0 Å². The molecule has 1 aliphatic rings. The van der Waals surface area contributed by atoms with Crippen LogP contribution in [0.15, 0.2) is 18.2 Å². The zero-order valence-corrected chi connectivity index (χ0v) is 10.6. The zero-order valence-electron chi connectivity index (χ0n) is 9.01. The van der Waals surface area contributed by atoms with Crippen LogP contribution in [0.4, 0.5) is 4.39 Å². The lowest BCUT2D eigenvalue weighted by Crippen LogP contribution is -2.32. The standard InChI is InChI=1S/C12H15ClFNS/c13-12-2-1-10(14)7-9(12)8-15-11-3-5-16-6-4-11/h1-2,7,11,15H,3-6,8H2. The van der Waals surface area contributed by atoms with E-state index in [1.165, 1.54) is 36.5 Å². The van der Waals surface area contributed by atoms with E-state index in [4.69, 9.17) is 11.6 Å². The van der Waals surface area contributed by atoms with Crippen LogP contribution in [0.2, 0.25) is 5.02 Å². The van der Waals surface area contributed by atoms with Crippen molar-refractivity contribution in [3.8, 4) is 0 Å². The lowest BCUT2D eigenvalue weighted by Gasteiger charge is -2.22. The van der Waals surface area contributed by atoms with Gasteiger partial charge in [-0.15, -0.1) is 0 Å². The number of thioether (sulfide) groups is 1. The highest BCUT2D eigenvalue weighted by Crippen LogP contribution is 2.20. The molecule has 16 heavy (non-hydrogen) atoms. The Morgan fingerprint density at radius 3 is 2.88 bits per heavy atom. The lowest BCUT2D eigenvalue weighted by atomic mass is 10.1. The molecule has 1 fully saturated rings. The van der Waals surface area contributed by atoms with Gasteiger partial charge in [-0.25, -0.2) is 4.39 Å². The number of benzene rings is 1. The first-order valence-electron chi connectivity index (χ1n) is 5.51. The quantitative estimate of drug-likeness (QED) is 0.892. The van der Waals surface area contributed by atoms with Crippen molar-refractivity contribution in [2.45, 2.75) is 25.4 Å². The monoisotopic (exact) mass is 259 g/mol. The van der Waals surface area contributed by atoms with Gasteiger partial charge in [-0.2, -0.15) is 11.8 Å². The Kier molecular flexibility index (Phi) is 4.50. The predicted octanol–water partition coefficient (Wildman–Crippen LogP) is 3.46. The molecule has 1 nitrogen and oxygen atoms in total. The summed E-state index contributed by atoms with van der Waals surface area (Å²) in [5, 5.41) is 4.08. The lowest BCUT2D eigenvalue weighted by molar-refractivity contribution is 0.481. The molecule has 88 valence electrons. The summed E-state index contributed by atoms with van der Waals surface area (Å²) in [6, 6.07) is 5.07. The van der Waals surface area contributed by atoms with E-state index in [0.29, 0.717) is 17.6 Å². The summed E-state index contributed by atoms with van der Waals surface area (Å²) in [7, 11) is 0. The van der Waals surface area contributed by atoms with Crippen LogP contribution in [0, 0.1) is 5.82 Å². The second-order valence-corrected chi connectivity index (χ2v) is 5.64. The van der Waals surface area contributed by atoms with Crippen molar-refractivity contribution < 1.29 is 4.39 Å². The normalized spacial score (nSPS) is 17.6. The Hall–Kier alpha value is -0.250. The molecule has 0 aliphatic carbocycles. The molecule has 1 saturated heterocycles. The van der Waals surface area contributed by atoms with Crippen LogP contribution in [0.3, 0.4) is 0 Å². The van der Waals surface area contributed by atoms with E-state index in [2.05, 4.69) is 5.32 Å². The van der Waals surface area contributed by atoms with Crippen LogP contribution in [0.25, 0.3) is 0 Å². The van der Waals surface area contributed by atoms with Crippen molar-refractivity contribution in [3.05, 3.63) is 34.6 Å². The fraction of sp³-hybridized carbons (Fsp3) is 0.500. The van der Waals surface area contributed by atoms with Gasteiger partial charge in [0.1, 0.15) is 5.82 Å². The largest absolute Gasteiger partial charge is 0.310 e. The molecule has 1 aromatic rings. The van der Waals surface area contributed by atoms with Crippen molar-refractivity contribution in [2.24, 2.45) is 0 Å². The second-order valence-electron chi connectivity index (χ2n) is 4.00. The molecule has 0 aromatic heterocycles. The Balaban J connectivity index is 1.90. The highest BCUT2D eigenvalue weighted by molar-refractivity contribution is 7.99. The average Bonchev–Trinajstić information content (AvgIpc) is 2.32. The van der Waals surface area contributed by atoms with E-state index in [0.717, 1.165) is 5.56 Å². The Bertz CT molecular complexity index is 353. The van der Waals surface area contributed by atoms with E-state index in [1.54, 1.807) is 6.07 Å². The molecule has 4 heteroatoms. The smallest absolute Gasteiger partial charge is 0.123 e. The molecular formula is C12H15ClFNS. The molecule has 0 unspecified atom stereocenters. The molecule has 1 aliphatic heterocycles. The Morgan fingerprint density at radius 2 is 2.12 bits per heavy atom. The van der Waals surface area contributed by atoms with Gasteiger partial charge in [0.2, 0.25) is 0 Å². The molecule has 1 heterocycles. The number of hydrogen-bond acceptors (Lipinski definition) is 2. The maximum absolute atomic E-state index is 13.0. The highest BCUT2D eigenvalue weighted by Gasteiger charge is 2.13. The molecule has 0 spiro atoms. The van der Waals surface area contributed by atoms with Gasteiger partial charge < -0.3 is 5.32 Å². The SMILES string of the molecule is Fc1ccc(Cl)c(CNC2CCSCC2)c1. The van der Waals surface area contributed by atoms with E-state index >= 15 is 0 Å². The minimum absolute atomic E-state index is 0.222. The summed E-state index contributed by atoms with van der Waals surface area (Å²) in [5.41, 5.74) is 0.847. The molecular weight excluding hydrogens is 245 g/mol. The van der Waals surface area contributed by atoms with E-state index in [-0.39, 0.29) is 5.82 Å². The Morgan fingerprint density at radius 1 is 1.38 bits per heavy atom. The van der Waals surface area contributed by atoms with Crippen molar-refractivity contribution in [1.82, 2.24) is 5.32 Å². The van der Waals surface area contributed by atoms with Crippen molar-refractivity contribution in [3.63, 3.8) is 0 Å². The third-order valence-corrected chi connectivity index (χ3v) is 4.23. The minimum Gasteiger partial charge on any atom is -0.310 e. The zero-order chi connectivity index (χ0) is 11.4. The first kappa shape index (κ1) is 12.2. The summed E-state index contributed by atoms with van der Waals surface area (Å²) in [6.07, 6.45) is 2.38. The third kappa shape index (κ3) is 3.37. The van der Waals surface area contributed by atoms with Gasteiger partial charge in [-0.05, 0) is 48.1 Å². The van der Waals surface area contributed by atoms with Crippen LogP contribution >= 0.6 is 23.4 Å². The van der Waals surface area contributed by atoms with Crippen LogP contribution in [0.1, 0.15) is 18.4 Å². The van der Waals surface area contributed by atoms with Crippen molar-refractivity contribution >= 4 is 23.4 Å². The number of hydrogen-bond donors (Lipinski definition) is 1. The number of nitrogens with one attached hydrogen (secondary N) is 1. The fourth-order valence-electron chi connectivity index (χ4n) is 1.83. The van der Waals surface area contributed by atoms with Gasteiger partial charge in [-0.3, -0.25) is 0 Å². The molecule has 0 radical (unpaired) electrons. The van der Waals surface area contributed by atoms with Crippen LogP contribution in [0.5, 0.6) is 0 Å². The summed E-state index contributed by atoms with van der Waals surface area (Å²) in [6.45, 7) is 0.659. The first-order chi connectivity index (χ1) is 7.75. The van der Waals surface area contributed by atoms with Gasteiger partial charge in [0, 0.05) is 17.6 Å². The van der Waals surface area contributed by atoms with Crippen molar-refractivity contribution in [2.75, 3.05) is 11.5 Å². The van der Waals surface area contributed by atoms with Gasteiger partial charge in [-0.1, -0.05) is 11.6 Å². The van der Waals surface area contributed by atoms with Crippen LogP contribution in [-0.4, -0.2) is 17.5 Å². The first-order valence-corrected chi connectivity index (χ1v) is 7.04. The van der Waals surface area contributed by atoms with E-state index in [9.17, 15) is 4.39 Å². The molecule has 1 aromatic carbocycles. The van der Waals surface area contributed by atoms with Crippen molar-refractivity contribution in [1.29, 1.82) is 0 Å². The van der Waals surface area contributed by atoms with Crippen LogP contribution < -0.4 is 5.32 Å². The summed E-state index contributed by atoms with van der Waals surface area (Å²) >= 11 is 8.00. The molecule has 2 rings (SSSR count). The molecule has 0 amide bonds. The highest BCUT2D eigenvalue weighted by atomic mass is 35.5. The third-order valence-electron chi connectivity index (χ3n) is 2.81. The maximum atomic E-state index is 13.0. The second kappa shape index (κ2) is 5.89. The molecule has 0 saturated carbocycles. The Labute approximate surface area is 105 Å². The predicted molar refractivity (Wildman–Crippen MR) is 68.6 cm³/mol. The minimum atomic E-state index is -0.222. The summed E-state index contributed by atoms with van der Waals surface area (Å²) in [4.78, 5) is 0. The topological polar surface area (TPSA) is 12.0 Å². The van der Waals surface area contributed by atoms with E-state index in [1.807, 2.05) is 11.8 Å². The molecule has 1 N–H and O–H groups in total. The number of halogens is 2. The molecule has 0 atom stereocenters. The molecule has 0 bridgehead atoms. The summed E-state index contributed by atoms with van der Waals surface area (Å²) in [5.74, 6) is 2.21. The number of rotatable bonds is 3.